The van der Waals surface area contributed by atoms with Crippen LogP contribution in [0.25, 0.3) is 88.2 Å². The number of benzene rings is 6. The zero-order valence-electron chi connectivity index (χ0n) is 26.2. The van der Waals surface area contributed by atoms with Crippen LogP contribution in [-0.2, 0) is 0 Å². The average molecular weight is 646 g/mol. The number of fused-ring (bicyclic) bond motifs is 3. The van der Waals surface area contributed by atoms with E-state index in [0.717, 1.165) is 60.7 Å². The molecule has 0 radical (unpaired) electrons. The molecule has 5 nitrogen and oxygen atoms in total. The number of hydrogen-bond donors (Lipinski definition) is 0. The lowest BCUT2D eigenvalue weighted by Gasteiger charge is -2.10. The second kappa shape index (κ2) is 12.3. The molecular weight excluding hydrogens is 619 g/mol. The molecule has 0 aliphatic heterocycles. The summed E-state index contributed by atoms with van der Waals surface area (Å²) in [5.74, 6) is 2.65. The number of aromatic nitrogens is 5. The van der Waals surface area contributed by atoms with Gasteiger partial charge in [-0.05, 0) is 17.2 Å². The zero-order chi connectivity index (χ0) is 32.6. The Balaban J connectivity index is 1.06. The summed E-state index contributed by atoms with van der Waals surface area (Å²) in [5.41, 5.74) is 8.05. The normalized spacial score (nSPS) is 11.3. The van der Waals surface area contributed by atoms with Crippen LogP contribution >= 0.6 is 11.3 Å². The summed E-state index contributed by atoms with van der Waals surface area (Å²) in [5, 5.41) is 2.30. The predicted molar refractivity (Wildman–Crippen MR) is 201 cm³/mol. The van der Waals surface area contributed by atoms with Crippen molar-refractivity contribution in [3.05, 3.63) is 164 Å². The molecule has 230 valence electrons. The number of hydrogen-bond acceptors (Lipinski definition) is 6. The van der Waals surface area contributed by atoms with Crippen molar-refractivity contribution in [3.63, 3.8) is 0 Å². The topological polar surface area (TPSA) is 64.5 Å². The Hall–Kier alpha value is -6.37. The average Bonchev–Trinajstić information content (AvgIpc) is 3.57. The van der Waals surface area contributed by atoms with E-state index in [2.05, 4.69) is 97.1 Å². The first kappa shape index (κ1) is 28.8. The van der Waals surface area contributed by atoms with Crippen molar-refractivity contribution in [2.75, 3.05) is 0 Å². The molecule has 49 heavy (non-hydrogen) atoms. The Morgan fingerprint density at radius 2 is 0.694 bits per heavy atom. The fourth-order valence-corrected chi connectivity index (χ4v) is 7.19. The standard InChI is InChI=1S/C43H27N5S/c1-4-12-30(13-5-1)38-37-35-18-10-11-19-36(35)49-43(37)48-39(44-38)33-24-20-28(21-25-33)29-22-26-34(27-23-29)42-46-40(31-14-6-2-7-15-31)45-41(47-42)32-16-8-3-9-17-32/h1-27H. The molecule has 0 amide bonds. The van der Waals surface area contributed by atoms with Gasteiger partial charge in [0, 0.05) is 43.3 Å². The first-order chi connectivity index (χ1) is 24.3. The Labute approximate surface area is 287 Å². The molecule has 6 heteroatoms. The van der Waals surface area contributed by atoms with Gasteiger partial charge in [0.05, 0.1) is 5.69 Å². The highest BCUT2D eigenvalue weighted by Crippen LogP contribution is 2.39. The van der Waals surface area contributed by atoms with E-state index in [1.54, 1.807) is 11.3 Å². The number of thiophene rings is 1. The molecule has 0 aliphatic rings. The minimum absolute atomic E-state index is 0.637. The molecule has 0 saturated carbocycles. The van der Waals surface area contributed by atoms with E-state index in [4.69, 9.17) is 24.9 Å². The zero-order valence-corrected chi connectivity index (χ0v) is 27.0. The lowest BCUT2D eigenvalue weighted by atomic mass is 10.0. The highest BCUT2D eigenvalue weighted by atomic mass is 32.1. The summed E-state index contributed by atoms with van der Waals surface area (Å²) in [7, 11) is 0. The molecule has 9 aromatic rings. The number of nitrogens with zero attached hydrogens (tertiary/aromatic N) is 5. The van der Waals surface area contributed by atoms with Crippen molar-refractivity contribution in [1.82, 2.24) is 24.9 Å². The molecule has 0 fully saturated rings. The third-order valence-corrected chi connectivity index (χ3v) is 9.67. The molecule has 0 spiro atoms. The minimum atomic E-state index is 0.637. The molecule has 0 atom stereocenters. The van der Waals surface area contributed by atoms with Gasteiger partial charge in [0.1, 0.15) is 4.83 Å². The van der Waals surface area contributed by atoms with Crippen LogP contribution in [0.1, 0.15) is 0 Å². The summed E-state index contributed by atoms with van der Waals surface area (Å²) >= 11 is 1.71. The molecule has 3 aromatic heterocycles. The van der Waals surface area contributed by atoms with E-state index in [9.17, 15) is 0 Å². The van der Waals surface area contributed by atoms with E-state index in [0.29, 0.717) is 17.5 Å². The van der Waals surface area contributed by atoms with Crippen molar-refractivity contribution >= 4 is 31.6 Å². The van der Waals surface area contributed by atoms with Crippen LogP contribution in [-0.4, -0.2) is 24.9 Å². The van der Waals surface area contributed by atoms with Gasteiger partial charge < -0.3 is 0 Å². The van der Waals surface area contributed by atoms with Gasteiger partial charge in [-0.1, -0.05) is 158 Å². The van der Waals surface area contributed by atoms with E-state index in [1.165, 1.54) is 10.1 Å². The second-order valence-corrected chi connectivity index (χ2v) is 12.8. The fraction of sp³-hybridized carbons (Fsp3) is 0. The SMILES string of the molecule is c1ccc(-c2nc(-c3ccccc3)nc(-c3ccc(-c4ccc(-c5nc(-c6ccccc6)c6c(n5)sc5ccccc56)cc4)cc3)n2)cc1. The highest BCUT2D eigenvalue weighted by molar-refractivity contribution is 7.25. The third-order valence-electron chi connectivity index (χ3n) is 8.60. The highest BCUT2D eigenvalue weighted by Gasteiger charge is 2.17. The second-order valence-electron chi connectivity index (χ2n) is 11.7. The third kappa shape index (κ3) is 5.54. The Morgan fingerprint density at radius 1 is 0.306 bits per heavy atom. The van der Waals surface area contributed by atoms with Crippen molar-refractivity contribution in [3.8, 4) is 67.9 Å². The predicted octanol–water partition coefficient (Wildman–Crippen LogP) is 11.0. The summed E-state index contributed by atoms with van der Waals surface area (Å²) in [6.07, 6.45) is 0. The summed E-state index contributed by atoms with van der Waals surface area (Å²) < 4.78 is 1.21. The molecule has 0 aliphatic carbocycles. The van der Waals surface area contributed by atoms with Gasteiger partial charge in [-0.2, -0.15) is 0 Å². The molecule has 0 saturated heterocycles. The first-order valence-corrected chi connectivity index (χ1v) is 16.9. The monoisotopic (exact) mass is 645 g/mol. The Morgan fingerprint density at radius 3 is 1.20 bits per heavy atom. The van der Waals surface area contributed by atoms with Crippen LogP contribution in [0.4, 0.5) is 0 Å². The molecule has 3 heterocycles. The van der Waals surface area contributed by atoms with Gasteiger partial charge in [-0.15, -0.1) is 11.3 Å². The van der Waals surface area contributed by atoms with E-state index < -0.39 is 0 Å². The van der Waals surface area contributed by atoms with Gasteiger partial charge in [0.15, 0.2) is 23.3 Å². The minimum Gasteiger partial charge on any atom is -0.227 e. The van der Waals surface area contributed by atoms with Crippen molar-refractivity contribution < 1.29 is 0 Å². The lowest BCUT2D eigenvalue weighted by Crippen LogP contribution is -2.00. The Kier molecular flexibility index (Phi) is 7.26. The lowest BCUT2D eigenvalue weighted by molar-refractivity contribution is 1.07. The van der Waals surface area contributed by atoms with Crippen LogP contribution in [0, 0.1) is 0 Å². The van der Waals surface area contributed by atoms with E-state index in [1.807, 2.05) is 66.7 Å². The van der Waals surface area contributed by atoms with Gasteiger partial charge in [-0.3, -0.25) is 0 Å². The van der Waals surface area contributed by atoms with Crippen LogP contribution in [0.5, 0.6) is 0 Å². The maximum atomic E-state index is 5.15. The van der Waals surface area contributed by atoms with Crippen molar-refractivity contribution in [1.29, 1.82) is 0 Å². The summed E-state index contributed by atoms with van der Waals surface area (Å²) in [4.78, 5) is 25.8. The first-order valence-electron chi connectivity index (χ1n) is 16.1. The van der Waals surface area contributed by atoms with Crippen molar-refractivity contribution in [2.24, 2.45) is 0 Å². The molecule has 6 aromatic carbocycles. The largest absolute Gasteiger partial charge is 0.227 e. The molecule has 0 N–H and O–H groups in total. The van der Waals surface area contributed by atoms with Crippen LogP contribution < -0.4 is 0 Å². The van der Waals surface area contributed by atoms with Gasteiger partial charge in [-0.25, -0.2) is 24.9 Å². The molecular formula is C43H27N5S. The quantitative estimate of drug-likeness (QED) is 0.180. The van der Waals surface area contributed by atoms with Crippen molar-refractivity contribution in [2.45, 2.75) is 0 Å². The number of rotatable bonds is 6. The van der Waals surface area contributed by atoms with Gasteiger partial charge in [0.2, 0.25) is 0 Å². The molecule has 0 unspecified atom stereocenters. The molecule has 0 bridgehead atoms. The maximum absolute atomic E-state index is 5.15. The van der Waals surface area contributed by atoms with Crippen LogP contribution in [0.3, 0.4) is 0 Å². The van der Waals surface area contributed by atoms with Crippen LogP contribution in [0.15, 0.2) is 164 Å². The van der Waals surface area contributed by atoms with E-state index in [-0.39, 0.29) is 0 Å². The van der Waals surface area contributed by atoms with E-state index >= 15 is 0 Å². The summed E-state index contributed by atoms with van der Waals surface area (Å²) in [6, 6.07) is 55.8. The fourth-order valence-electron chi connectivity index (χ4n) is 6.12. The molecule has 9 rings (SSSR count). The van der Waals surface area contributed by atoms with Gasteiger partial charge >= 0.3 is 0 Å². The Bertz CT molecular complexity index is 2510. The van der Waals surface area contributed by atoms with Gasteiger partial charge in [0.25, 0.3) is 0 Å². The summed E-state index contributed by atoms with van der Waals surface area (Å²) in [6.45, 7) is 0. The maximum Gasteiger partial charge on any atom is 0.164 e. The smallest absolute Gasteiger partial charge is 0.164 e. The van der Waals surface area contributed by atoms with Crippen LogP contribution in [0.2, 0.25) is 0 Å².